The Balaban J connectivity index is 1.92. The fourth-order valence-corrected chi connectivity index (χ4v) is 2.31. The Kier molecular flexibility index (Phi) is 5.23. The van der Waals surface area contributed by atoms with E-state index in [9.17, 15) is 4.39 Å². The molecule has 0 radical (unpaired) electrons. The van der Waals surface area contributed by atoms with Gasteiger partial charge in [-0.3, -0.25) is 0 Å². The van der Waals surface area contributed by atoms with Gasteiger partial charge in [0.2, 0.25) is 0 Å². The average molecular weight is 336 g/mol. The molecule has 25 heavy (non-hydrogen) atoms. The Morgan fingerprint density at radius 3 is 2.28 bits per heavy atom. The molecule has 4 nitrogen and oxygen atoms in total. The lowest BCUT2D eigenvalue weighted by Gasteiger charge is -2.13. The number of nitrogens with one attached hydrogen (secondary N) is 2. The van der Waals surface area contributed by atoms with E-state index in [4.69, 9.17) is 0 Å². The maximum atomic E-state index is 13.1. The minimum Gasteiger partial charge on any atom is -0.370 e. The number of halogens is 1. The van der Waals surface area contributed by atoms with E-state index < -0.39 is 0 Å². The molecule has 0 aliphatic heterocycles. The summed E-state index contributed by atoms with van der Waals surface area (Å²) in [6, 6.07) is 17.9. The molecule has 0 saturated carbocycles. The minimum atomic E-state index is -0.266. The summed E-state index contributed by atoms with van der Waals surface area (Å²) in [7, 11) is 0. The number of anilines is 3. The zero-order valence-corrected chi connectivity index (χ0v) is 14.3. The van der Waals surface area contributed by atoms with E-state index in [-0.39, 0.29) is 5.82 Å². The van der Waals surface area contributed by atoms with Gasteiger partial charge in [-0.2, -0.15) is 0 Å². The van der Waals surface area contributed by atoms with Crippen LogP contribution in [0.3, 0.4) is 0 Å². The second-order valence-electron chi connectivity index (χ2n) is 6.23. The highest BCUT2D eigenvalue weighted by Gasteiger charge is 2.08. The van der Waals surface area contributed by atoms with Crippen molar-refractivity contribution in [3.8, 4) is 11.4 Å². The third-order valence-corrected chi connectivity index (χ3v) is 3.57. The third-order valence-electron chi connectivity index (χ3n) is 3.57. The van der Waals surface area contributed by atoms with Crippen LogP contribution >= 0.6 is 0 Å². The summed E-state index contributed by atoms with van der Waals surface area (Å²) in [5.74, 6) is 2.29. The summed E-state index contributed by atoms with van der Waals surface area (Å²) in [5, 5.41) is 6.55. The second-order valence-corrected chi connectivity index (χ2v) is 6.23. The van der Waals surface area contributed by atoms with Crippen molar-refractivity contribution in [1.82, 2.24) is 9.97 Å². The Morgan fingerprint density at radius 2 is 1.60 bits per heavy atom. The molecule has 0 atom stereocenters. The van der Waals surface area contributed by atoms with Gasteiger partial charge in [0.25, 0.3) is 0 Å². The molecule has 2 N–H and O–H groups in total. The van der Waals surface area contributed by atoms with Gasteiger partial charge in [0.15, 0.2) is 5.82 Å². The van der Waals surface area contributed by atoms with E-state index in [1.807, 2.05) is 36.4 Å². The van der Waals surface area contributed by atoms with Crippen LogP contribution in [0.2, 0.25) is 0 Å². The van der Waals surface area contributed by atoms with Crippen LogP contribution in [0, 0.1) is 11.7 Å². The predicted molar refractivity (Wildman–Crippen MR) is 100 cm³/mol. The zero-order valence-electron chi connectivity index (χ0n) is 14.3. The van der Waals surface area contributed by atoms with E-state index in [0.29, 0.717) is 17.6 Å². The highest BCUT2D eigenvalue weighted by molar-refractivity contribution is 5.65. The first-order valence-electron chi connectivity index (χ1n) is 8.31. The van der Waals surface area contributed by atoms with Crippen molar-refractivity contribution < 1.29 is 4.39 Å². The number of benzene rings is 2. The van der Waals surface area contributed by atoms with Crippen LogP contribution in [-0.4, -0.2) is 16.5 Å². The number of hydrogen-bond acceptors (Lipinski definition) is 4. The van der Waals surface area contributed by atoms with Crippen LogP contribution in [-0.2, 0) is 0 Å². The fourth-order valence-electron chi connectivity index (χ4n) is 2.31. The normalized spacial score (nSPS) is 10.7. The standard InChI is InChI=1S/C20H21FN4/c1-14(2)13-22-18-12-19(23-17-10-8-16(21)9-11-17)25-20(24-18)15-6-4-3-5-7-15/h3-12,14H,13H2,1-2H3,(H2,22,23,24,25). The van der Waals surface area contributed by atoms with Crippen LogP contribution < -0.4 is 10.6 Å². The molecule has 0 aliphatic rings. The van der Waals surface area contributed by atoms with Crippen LogP contribution in [0.15, 0.2) is 60.7 Å². The summed E-state index contributed by atoms with van der Waals surface area (Å²) in [4.78, 5) is 9.20. The quantitative estimate of drug-likeness (QED) is 0.658. The van der Waals surface area contributed by atoms with Gasteiger partial charge in [0, 0.05) is 23.9 Å². The van der Waals surface area contributed by atoms with Crippen LogP contribution in [0.25, 0.3) is 11.4 Å². The van der Waals surface area contributed by atoms with E-state index >= 15 is 0 Å². The Bertz CT molecular complexity index is 817. The molecule has 0 bridgehead atoms. The molecule has 3 aromatic rings. The van der Waals surface area contributed by atoms with Gasteiger partial charge in [-0.1, -0.05) is 44.2 Å². The van der Waals surface area contributed by atoms with Crippen molar-refractivity contribution in [2.24, 2.45) is 5.92 Å². The van der Waals surface area contributed by atoms with Crippen molar-refractivity contribution in [3.05, 3.63) is 66.5 Å². The second kappa shape index (κ2) is 7.75. The highest BCUT2D eigenvalue weighted by atomic mass is 19.1. The van der Waals surface area contributed by atoms with Gasteiger partial charge in [0.05, 0.1) is 0 Å². The van der Waals surface area contributed by atoms with Gasteiger partial charge in [-0.05, 0) is 30.2 Å². The van der Waals surface area contributed by atoms with Crippen molar-refractivity contribution in [2.45, 2.75) is 13.8 Å². The van der Waals surface area contributed by atoms with Crippen molar-refractivity contribution >= 4 is 17.3 Å². The summed E-state index contributed by atoms with van der Waals surface area (Å²) in [5.41, 5.74) is 1.71. The van der Waals surface area contributed by atoms with Crippen molar-refractivity contribution in [3.63, 3.8) is 0 Å². The lowest BCUT2D eigenvalue weighted by molar-refractivity contribution is 0.628. The van der Waals surface area contributed by atoms with E-state index in [0.717, 1.165) is 23.6 Å². The van der Waals surface area contributed by atoms with Crippen molar-refractivity contribution in [1.29, 1.82) is 0 Å². The number of nitrogens with zero attached hydrogens (tertiary/aromatic N) is 2. The van der Waals surface area contributed by atoms with E-state index in [1.165, 1.54) is 12.1 Å². The van der Waals surface area contributed by atoms with E-state index in [1.54, 1.807) is 12.1 Å². The molecule has 0 saturated heterocycles. The van der Waals surface area contributed by atoms with Crippen molar-refractivity contribution in [2.75, 3.05) is 17.2 Å². The summed E-state index contributed by atoms with van der Waals surface area (Å²) in [6.07, 6.45) is 0. The molecule has 2 aromatic carbocycles. The molecular formula is C20H21FN4. The van der Waals surface area contributed by atoms with Gasteiger partial charge < -0.3 is 10.6 Å². The average Bonchev–Trinajstić information content (AvgIpc) is 2.62. The molecule has 0 aliphatic carbocycles. The molecular weight excluding hydrogens is 315 g/mol. The van der Waals surface area contributed by atoms with Crippen LogP contribution in [0.4, 0.5) is 21.7 Å². The highest BCUT2D eigenvalue weighted by Crippen LogP contribution is 2.23. The van der Waals surface area contributed by atoms with Gasteiger partial charge >= 0.3 is 0 Å². The zero-order chi connectivity index (χ0) is 17.6. The van der Waals surface area contributed by atoms with E-state index in [2.05, 4.69) is 34.4 Å². The first kappa shape index (κ1) is 16.9. The van der Waals surface area contributed by atoms with Crippen LogP contribution in [0.5, 0.6) is 0 Å². The molecule has 0 spiro atoms. The summed E-state index contributed by atoms with van der Waals surface area (Å²) < 4.78 is 13.1. The Hall–Kier alpha value is -2.95. The smallest absolute Gasteiger partial charge is 0.163 e. The SMILES string of the molecule is CC(C)CNc1cc(Nc2ccc(F)cc2)nc(-c2ccccc2)n1. The van der Waals surface area contributed by atoms with Crippen LogP contribution in [0.1, 0.15) is 13.8 Å². The molecule has 0 amide bonds. The predicted octanol–water partition coefficient (Wildman–Crippen LogP) is 5.09. The van der Waals surface area contributed by atoms with Gasteiger partial charge in [0.1, 0.15) is 17.5 Å². The lowest BCUT2D eigenvalue weighted by atomic mass is 10.2. The largest absolute Gasteiger partial charge is 0.370 e. The minimum absolute atomic E-state index is 0.266. The lowest BCUT2D eigenvalue weighted by Crippen LogP contribution is -2.10. The topological polar surface area (TPSA) is 49.8 Å². The van der Waals surface area contributed by atoms with Gasteiger partial charge in [-0.15, -0.1) is 0 Å². The fraction of sp³-hybridized carbons (Fsp3) is 0.200. The summed E-state index contributed by atoms with van der Waals surface area (Å²) in [6.45, 7) is 5.11. The molecule has 0 fully saturated rings. The van der Waals surface area contributed by atoms with Gasteiger partial charge in [-0.25, -0.2) is 14.4 Å². The first-order chi connectivity index (χ1) is 12.1. The monoisotopic (exact) mass is 336 g/mol. The Morgan fingerprint density at radius 1 is 0.920 bits per heavy atom. The molecule has 1 heterocycles. The number of aromatic nitrogens is 2. The number of hydrogen-bond donors (Lipinski definition) is 2. The molecule has 5 heteroatoms. The maximum Gasteiger partial charge on any atom is 0.163 e. The molecule has 1 aromatic heterocycles. The Labute approximate surface area is 147 Å². The third kappa shape index (κ3) is 4.76. The maximum absolute atomic E-state index is 13.1. The summed E-state index contributed by atoms with van der Waals surface area (Å²) >= 11 is 0. The molecule has 0 unspecified atom stereocenters. The molecule has 3 rings (SSSR count). The first-order valence-corrected chi connectivity index (χ1v) is 8.31. The molecule has 128 valence electrons. The number of rotatable bonds is 6.